The molecule has 2 N–H and O–H groups in total. The van der Waals surface area contributed by atoms with Crippen molar-refractivity contribution in [3.8, 4) is 5.75 Å². The van der Waals surface area contributed by atoms with Crippen molar-refractivity contribution in [1.29, 1.82) is 0 Å². The summed E-state index contributed by atoms with van der Waals surface area (Å²) in [6.07, 6.45) is 1.54. The number of carbonyl (C=O) groups is 3. The maximum atomic E-state index is 12.7. The molecule has 0 bridgehead atoms. The zero-order valence-corrected chi connectivity index (χ0v) is 17.4. The summed E-state index contributed by atoms with van der Waals surface area (Å²) < 4.78 is 5.71. The molecule has 0 aliphatic carbocycles. The zero-order chi connectivity index (χ0) is 22.7. The minimum Gasteiger partial charge on any atom is -0.487 e. The number of anilines is 1. The van der Waals surface area contributed by atoms with Gasteiger partial charge in [0, 0.05) is 0 Å². The van der Waals surface area contributed by atoms with Gasteiger partial charge in [0.1, 0.15) is 18.1 Å². The molecule has 160 valence electrons. The summed E-state index contributed by atoms with van der Waals surface area (Å²) in [6, 6.07) is 19.5. The van der Waals surface area contributed by atoms with Gasteiger partial charge in [0.2, 0.25) is 0 Å². The SMILES string of the molecule is O=C(O)c1cccc(COc2ccc(C=C3NC(=O)N(c4ccccc4)C3=O)cc2Cl)c1. The van der Waals surface area contributed by atoms with Crippen LogP contribution in [0.1, 0.15) is 21.5 Å². The van der Waals surface area contributed by atoms with Crippen LogP contribution in [0.4, 0.5) is 10.5 Å². The molecule has 1 aliphatic rings. The van der Waals surface area contributed by atoms with Crippen molar-refractivity contribution in [2.75, 3.05) is 4.90 Å². The van der Waals surface area contributed by atoms with E-state index in [0.29, 0.717) is 27.6 Å². The molecule has 0 spiro atoms. The lowest BCUT2D eigenvalue weighted by molar-refractivity contribution is -0.113. The van der Waals surface area contributed by atoms with Crippen LogP contribution in [0.3, 0.4) is 0 Å². The standard InChI is InChI=1S/C24H17ClN2O5/c25-19-12-15(9-10-21(19)32-14-16-5-4-6-17(11-16)23(29)30)13-20-22(28)27(24(31)26-20)18-7-2-1-3-8-18/h1-13H,14H2,(H,26,31)(H,29,30). The number of carboxylic acids is 1. The van der Waals surface area contributed by atoms with Gasteiger partial charge in [0.05, 0.1) is 16.3 Å². The van der Waals surface area contributed by atoms with Crippen LogP contribution in [-0.4, -0.2) is 23.0 Å². The van der Waals surface area contributed by atoms with Crippen LogP contribution in [0.5, 0.6) is 5.75 Å². The van der Waals surface area contributed by atoms with Gasteiger partial charge in [-0.15, -0.1) is 0 Å². The summed E-state index contributed by atoms with van der Waals surface area (Å²) in [5, 5.41) is 12.0. The van der Waals surface area contributed by atoms with Crippen molar-refractivity contribution < 1.29 is 24.2 Å². The Morgan fingerprint density at radius 2 is 1.81 bits per heavy atom. The van der Waals surface area contributed by atoms with Crippen LogP contribution in [-0.2, 0) is 11.4 Å². The number of para-hydroxylation sites is 1. The highest BCUT2D eigenvalue weighted by molar-refractivity contribution is 6.32. The second-order valence-corrected chi connectivity index (χ2v) is 7.36. The summed E-state index contributed by atoms with van der Waals surface area (Å²) in [4.78, 5) is 37.1. The highest BCUT2D eigenvalue weighted by Gasteiger charge is 2.34. The number of imide groups is 1. The molecular weight excluding hydrogens is 432 g/mol. The minimum atomic E-state index is -1.01. The van der Waals surface area contributed by atoms with Crippen LogP contribution >= 0.6 is 11.6 Å². The number of aromatic carboxylic acids is 1. The fourth-order valence-electron chi connectivity index (χ4n) is 3.19. The Morgan fingerprint density at radius 1 is 1.03 bits per heavy atom. The van der Waals surface area contributed by atoms with E-state index >= 15 is 0 Å². The van der Waals surface area contributed by atoms with Crippen LogP contribution in [0.15, 0.2) is 78.5 Å². The molecule has 1 fully saturated rings. The molecule has 3 amide bonds. The Labute approximate surface area is 188 Å². The third kappa shape index (κ3) is 4.48. The maximum absolute atomic E-state index is 12.7. The zero-order valence-electron chi connectivity index (χ0n) is 16.6. The van der Waals surface area contributed by atoms with Gasteiger partial charge in [-0.25, -0.2) is 14.5 Å². The van der Waals surface area contributed by atoms with Gasteiger partial charge in [0.15, 0.2) is 0 Å². The lowest BCUT2D eigenvalue weighted by Gasteiger charge is -2.11. The van der Waals surface area contributed by atoms with E-state index in [1.165, 1.54) is 18.2 Å². The molecule has 1 saturated heterocycles. The number of benzene rings is 3. The first kappa shape index (κ1) is 21.1. The van der Waals surface area contributed by atoms with Crippen LogP contribution < -0.4 is 15.0 Å². The number of hydrogen-bond donors (Lipinski definition) is 2. The molecule has 3 aromatic rings. The topological polar surface area (TPSA) is 95.9 Å². The minimum absolute atomic E-state index is 0.133. The first-order chi connectivity index (χ1) is 15.4. The highest BCUT2D eigenvalue weighted by Crippen LogP contribution is 2.28. The number of rotatable bonds is 6. The molecule has 0 saturated carbocycles. The molecule has 0 radical (unpaired) electrons. The molecule has 8 heteroatoms. The second kappa shape index (κ2) is 8.95. The Balaban J connectivity index is 1.48. The molecule has 1 heterocycles. The Kier molecular flexibility index (Phi) is 5.91. The van der Waals surface area contributed by atoms with Gasteiger partial charge >= 0.3 is 12.0 Å². The summed E-state index contributed by atoms with van der Waals surface area (Å²) in [5.74, 6) is -1.07. The summed E-state index contributed by atoms with van der Waals surface area (Å²) in [5.41, 5.74) is 2.08. The number of carboxylic acid groups (broad SMARTS) is 1. The maximum Gasteiger partial charge on any atom is 0.335 e. The van der Waals surface area contributed by atoms with Gasteiger partial charge in [0.25, 0.3) is 5.91 Å². The van der Waals surface area contributed by atoms with Crippen molar-refractivity contribution in [2.45, 2.75) is 6.61 Å². The second-order valence-electron chi connectivity index (χ2n) is 6.95. The number of halogens is 1. The van der Waals surface area contributed by atoms with Crippen molar-refractivity contribution in [1.82, 2.24) is 5.32 Å². The Morgan fingerprint density at radius 3 is 2.53 bits per heavy atom. The quantitative estimate of drug-likeness (QED) is 0.420. The van der Waals surface area contributed by atoms with Crippen LogP contribution in [0.25, 0.3) is 6.08 Å². The lowest BCUT2D eigenvalue weighted by atomic mass is 10.1. The van der Waals surface area contributed by atoms with Gasteiger partial charge in [-0.2, -0.15) is 0 Å². The van der Waals surface area contributed by atoms with Gasteiger partial charge in [-0.1, -0.05) is 48.0 Å². The molecular formula is C24H17ClN2O5. The number of amides is 3. The van der Waals surface area contributed by atoms with Gasteiger partial charge in [-0.3, -0.25) is 4.79 Å². The number of nitrogens with zero attached hydrogens (tertiary/aromatic N) is 1. The Bertz CT molecular complexity index is 1240. The molecule has 32 heavy (non-hydrogen) atoms. The van der Waals surface area contributed by atoms with E-state index in [4.69, 9.17) is 21.4 Å². The number of urea groups is 1. The molecule has 0 atom stereocenters. The van der Waals surface area contributed by atoms with E-state index < -0.39 is 17.9 Å². The highest BCUT2D eigenvalue weighted by atomic mass is 35.5. The van der Waals surface area contributed by atoms with Crippen LogP contribution in [0.2, 0.25) is 5.02 Å². The van der Waals surface area contributed by atoms with E-state index in [2.05, 4.69) is 5.32 Å². The van der Waals surface area contributed by atoms with Gasteiger partial charge in [-0.05, 0) is 53.6 Å². The number of ether oxygens (including phenoxy) is 1. The fraction of sp³-hybridized carbons (Fsp3) is 0.0417. The summed E-state index contributed by atoms with van der Waals surface area (Å²) in [7, 11) is 0. The van der Waals surface area contributed by atoms with Crippen molar-refractivity contribution in [2.24, 2.45) is 0 Å². The largest absolute Gasteiger partial charge is 0.487 e. The third-order valence-corrected chi connectivity index (χ3v) is 5.02. The average molecular weight is 449 g/mol. The van der Waals surface area contributed by atoms with Crippen LogP contribution in [0, 0.1) is 0 Å². The van der Waals surface area contributed by atoms with Crippen molar-refractivity contribution >= 4 is 41.3 Å². The number of carbonyl (C=O) groups excluding carboxylic acids is 2. The molecule has 0 aromatic heterocycles. The van der Waals surface area contributed by atoms with E-state index in [-0.39, 0.29) is 17.9 Å². The number of nitrogens with one attached hydrogen (secondary N) is 1. The van der Waals surface area contributed by atoms with E-state index in [9.17, 15) is 14.4 Å². The first-order valence-electron chi connectivity index (χ1n) is 9.59. The molecule has 3 aromatic carbocycles. The van der Waals surface area contributed by atoms with E-state index in [1.54, 1.807) is 60.7 Å². The van der Waals surface area contributed by atoms with E-state index in [1.807, 2.05) is 0 Å². The fourth-order valence-corrected chi connectivity index (χ4v) is 3.44. The molecule has 4 rings (SSSR count). The van der Waals surface area contributed by atoms with Crippen molar-refractivity contribution in [3.05, 3.63) is 100 Å². The lowest BCUT2D eigenvalue weighted by Crippen LogP contribution is -2.30. The monoisotopic (exact) mass is 448 g/mol. The molecule has 0 unspecified atom stereocenters. The molecule has 1 aliphatic heterocycles. The van der Waals surface area contributed by atoms with Gasteiger partial charge < -0.3 is 15.2 Å². The Hall–Kier alpha value is -4.10. The predicted molar refractivity (Wildman–Crippen MR) is 120 cm³/mol. The molecule has 7 nitrogen and oxygen atoms in total. The first-order valence-corrected chi connectivity index (χ1v) is 9.97. The number of hydrogen-bond acceptors (Lipinski definition) is 4. The third-order valence-electron chi connectivity index (χ3n) is 4.73. The van der Waals surface area contributed by atoms with E-state index in [0.717, 1.165) is 4.90 Å². The smallest absolute Gasteiger partial charge is 0.335 e. The predicted octanol–water partition coefficient (Wildman–Crippen LogP) is 4.71. The summed E-state index contributed by atoms with van der Waals surface area (Å²) in [6.45, 7) is 0.141. The van der Waals surface area contributed by atoms with Crippen molar-refractivity contribution in [3.63, 3.8) is 0 Å². The normalized spacial score (nSPS) is 14.5. The summed E-state index contributed by atoms with van der Waals surface area (Å²) >= 11 is 6.32. The average Bonchev–Trinajstić information content (AvgIpc) is 3.06.